The van der Waals surface area contributed by atoms with Crippen LogP contribution in [0.5, 0.6) is 6.01 Å². The zero-order chi connectivity index (χ0) is 12.1. The number of anilines is 2. The molecule has 0 aromatic carbocycles. The summed E-state index contributed by atoms with van der Waals surface area (Å²) in [7, 11) is 3.25. The fourth-order valence-corrected chi connectivity index (χ4v) is 1.69. The number of aromatic nitrogens is 4. The molecule has 2 rings (SSSR count). The Morgan fingerprint density at radius 1 is 1.29 bits per heavy atom. The van der Waals surface area contributed by atoms with Crippen LogP contribution in [0.25, 0.3) is 0 Å². The molecule has 90 valence electrons. The predicted octanol–water partition coefficient (Wildman–Crippen LogP) is 0.991. The van der Waals surface area contributed by atoms with Gasteiger partial charge in [-0.15, -0.1) is 11.3 Å². The summed E-state index contributed by atoms with van der Waals surface area (Å²) in [5.41, 5.74) is 0. The highest BCUT2D eigenvalue weighted by molar-refractivity contribution is 7.09. The van der Waals surface area contributed by atoms with Gasteiger partial charge in [0.25, 0.3) is 0 Å². The molecule has 2 heterocycles. The summed E-state index contributed by atoms with van der Waals surface area (Å²) >= 11 is 1.57. The van der Waals surface area contributed by atoms with Crippen LogP contribution in [0.2, 0.25) is 0 Å². The summed E-state index contributed by atoms with van der Waals surface area (Å²) < 4.78 is 4.98. The van der Waals surface area contributed by atoms with E-state index in [2.05, 4.69) is 30.6 Å². The van der Waals surface area contributed by atoms with Crippen molar-refractivity contribution < 1.29 is 4.74 Å². The van der Waals surface area contributed by atoms with Crippen LogP contribution in [0.4, 0.5) is 11.9 Å². The number of rotatable bonds is 5. The van der Waals surface area contributed by atoms with E-state index < -0.39 is 0 Å². The second-order valence-corrected chi connectivity index (χ2v) is 3.98. The number of nitrogens with one attached hydrogen (secondary N) is 2. The molecule has 17 heavy (non-hydrogen) atoms. The van der Waals surface area contributed by atoms with Gasteiger partial charge in [0.05, 0.1) is 13.7 Å². The lowest BCUT2D eigenvalue weighted by Crippen LogP contribution is -2.08. The van der Waals surface area contributed by atoms with E-state index >= 15 is 0 Å². The molecule has 2 N–H and O–H groups in total. The van der Waals surface area contributed by atoms with Crippen molar-refractivity contribution in [2.24, 2.45) is 0 Å². The molecule has 2 aromatic heterocycles. The molecule has 0 saturated heterocycles. The van der Waals surface area contributed by atoms with Gasteiger partial charge in [-0.25, -0.2) is 4.98 Å². The van der Waals surface area contributed by atoms with Gasteiger partial charge in [0, 0.05) is 18.6 Å². The first-order valence-electron chi connectivity index (χ1n) is 4.92. The molecule has 0 spiro atoms. The molecule has 0 unspecified atom stereocenters. The number of hydrogen-bond donors (Lipinski definition) is 2. The van der Waals surface area contributed by atoms with Crippen molar-refractivity contribution >= 4 is 23.2 Å². The average molecular weight is 252 g/mol. The van der Waals surface area contributed by atoms with E-state index in [1.807, 2.05) is 5.38 Å². The third-order valence-corrected chi connectivity index (χ3v) is 2.68. The van der Waals surface area contributed by atoms with Gasteiger partial charge in [0.2, 0.25) is 11.9 Å². The van der Waals surface area contributed by atoms with E-state index in [0.29, 0.717) is 18.4 Å². The highest BCUT2D eigenvalue weighted by Gasteiger charge is 2.05. The summed E-state index contributed by atoms with van der Waals surface area (Å²) in [6.07, 6.45) is 1.76. The maximum absolute atomic E-state index is 4.98. The molecular weight excluding hydrogens is 240 g/mol. The molecule has 0 radical (unpaired) electrons. The zero-order valence-electron chi connectivity index (χ0n) is 9.47. The topological polar surface area (TPSA) is 84.9 Å². The summed E-state index contributed by atoms with van der Waals surface area (Å²) in [5.74, 6) is 0.912. The first-order valence-corrected chi connectivity index (χ1v) is 5.80. The van der Waals surface area contributed by atoms with E-state index in [9.17, 15) is 0 Å². The summed E-state index contributed by atoms with van der Waals surface area (Å²) in [6.45, 7) is 0.577. The van der Waals surface area contributed by atoms with Crippen LogP contribution in [-0.4, -0.2) is 34.1 Å². The smallest absolute Gasteiger partial charge is 0.322 e. The van der Waals surface area contributed by atoms with Gasteiger partial charge >= 0.3 is 6.01 Å². The first-order chi connectivity index (χ1) is 8.31. The summed E-state index contributed by atoms with van der Waals surface area (Å²) in [6, 6.07) is 0.269. The molecule has 0 amide bonds. The number of nitrogens with zero attached hydrogens (tertiary/aromatic N) is 4. The highest BCUT2D eigenvalue weighted by atomic mass is 32.1. The number of ether oxygens (including phenoxy) is 1. The second-order valence-electron chi connectivity index (χ2n) is 3.00. The minimum absolute atomic E-state index is 0.269. The Balaban J connectivity index is 2.09. The average Bonchev–Trinajstić information content (AvgIpc) is 2.89. The van der Waals surface area contributed by atoms with Crippen molar-refractivity contribution in [2.75, 3.05) is 24.8 Å². The fourth-order valence-electron chi connectivity index (χ4n) is 1.13. The third kappa shape index (κ3) is 3.00. The van der Waals surface area contributed by atoms with Crippen molar-refractivity contribution in [1.29, 1.82) is 0 Å². The molecule has 8 heteroatoms. The third-order valence-electron chi connectivity index (χ3n) is 1.90. The van der Waals surface area contributed by atoms with Crippen LogP contribution in [0, 0.1) is 0 Å². The quantitative estimate of drug-likeness (QED) is 0.820. The Bertz CT molecular complexity index is 452. The Morgan fingerprint density at radius 2 is 2.12 bits per heavy atom. The Kier molecular flexibility index (Phi) is 3.66. The predicted molar refractivity (Wildman–Crippen MR) is 65.4 cm³/mol. The standard InChI is InChI=1S/C9H12N6OS/c1-10-7-13-8(15-9(14-7)16-2)12-5-6-11-3-4-17-6/h3-4H,5H2,1-2H3,(H2,10,12,13,14,15). The number of hydrogen-bond acceptors (Lipinski definition) is 8. The number of thiazole rings is 1. The van der Waals surface area contributed by atoms with Gasteiger partial charge in [-0.2, -0.15) is 15.0 Å². The molecule has 0 bridgehead atoms. The lowest BCUT2D eigenvalue weighted by Gasteiger charge is -2.06. The van der Waals surface area contributed by atoms with Gasteiger partial charge in [0.15, 0.2) is 0 Å². The van der Waals surface area contributed by atoms with Crippen molar-refractivity contribution in [2.45, 2.75) is 6.54 Å². The van der Waals surface area contributed by atoms with Crippen LogP contribution < -0.4 is 15.4 Å². The van der Waals surface area contributed by atoms with Crippen LogP contribution in [0.1, 0.15) is 5.01 Å². The fraction of sp³-hybridized carbons (Fsp3) is 0.333. The first kappa shape index (κ1) is 11.5. The molecule has 0 aliphatic rings. The maximum Gasteiger partial charge on any atom is 0.322 e. The van der Waals surface area contributed by atoms with Gasteiger partial charge in [-0.3, -0.25) is 0 Å². The van der Waals surface area contributed by atoms with Crippen LogP contribution in [0.15, 0.2) is 11.6 Å². The normalized spacial score (nSPS) is 10.0. The number of methoxy groups -OCH3 is 1. The SMILES string of the molecule is CNc1nc(NCc2nccs2)nc(OC)n1. The maximum atomic E-state index is 4.98. The van der Waals surface area contributed by atoms with Crippen molar-refractivity contribution in [3.63, 3.8) is 0 Å². The van der Waals surface area contributed by atoms with Crippen LogP contribution in [0.3, 0.4) is 0 Å². The minimum Gasteiger partial charge on any atom is -0.467 e. The lowest BCUT2D eigenvalue weighted by molar-refractivity contribution is 0.379. The summed E-state index contributed by atoms with van der Waals surface area (Å²) in [5, 5.41) is 8.79. The lowest BCUT2D eigenvalue weighted by atomic mass is 10.6. The van der Waals surface area contributed by atoms with E-state index in [-0.39, 0.29) is 6.01 Å². The van der Waals surface area contributed by atoms with E-state index in [4.69, 9.17) is 4.74 Å². The Hall–Kier alpha value is -1.96. The van der Waals surface area contributed by atoms with Crippen molar-refractivity contribution in [3.8, 4) is 6.01 Å². The van der Waals surface area contributed by atoms with Crippen molar-refractivity contribution in [1.82, 2.24) is 19.9 Å². The molecule has 0 atom stereocenters. The van der Waals surface area contributed by atoms with Crippen LogP contribution >= 0.6 is 11.3 Å². The monoisotopic (exact) mass is 252 g/mol. The van der Waals surface area contributed by atoms with Gasteiger partial charge in [0.1, 0.15) is 5.01 Å². The highest BCUT2D eigenvalue weighted by Crippen LogP contribution is 2.12. The molecule has 7 nitrogen and oxygen atoms in total. The minimum atomic E-state index is 0.269. The van der Waals surface area contributed by atoms with E-state index in [0.717, 1.165) is 5.01 Å². The van der Waals surface area contributed by atoms with Gasteiger partial charge in [-0.05, 0) is 0 Å². The molecule has 0 aliphatic heterocycles. The molecule has 0 saturated carbocycles. The van der Waals surface area contributed by atoms with Crippen LogP contribution in [-0.2, 0) is 6.54 Å². The largest absolute Gasteiger partial charge is 0.467 e. The molecular formula is C9H12N6OS. The van der Waals surface area contributed by atoms with Gasteiger partial charge in [-0.1, -0.05) is 0 Å². The Morgan fingerprint density at radius 3 is 2.76 bits per heavy atom. The Labute approximate surface area is 102 Å². The zero-order valence-corrected chi connectivity index (χ0v) is 10.3. The van der Waals surface area contributed by atoms with Crippen molar-refractivity contribution in [3.05, 3.63) is 16.6 Å². The second kappa shape index (κ2) is 5.39. The molecule has 0 aliphatic carbocycles. The molecule has 0 fully saturated rings. The molecule has 2 aromatic rings. The van der Waals surface area contributed by atoms with E-state index in [1.54, 1.807) is 24.6 Å². The summed E-state index contributed by atoms with van der Waals surface area (Å²) in [4.78, 5) is 16.4. The van der Waals surface area contributed by atoms with E-state index in [1.165, 1.54) is 7.11 Å². The van der Waals surface area contributed by atoms with Gasteiger partial charge < -0.3 is 15.4 Å².